The predicted octanol–water partition coefficient (Wildman–Crippen LogP) is 2.37. The number of hydrogen-bond donors (Lipinski definition) is 3. The van der Waals surface area contributed by atoms with Gasteiger partial charge in [-0.05, 0) is 62.1 Å². The Kier molecular flexibility index (Phi) is 5.30. The van der Waals surface area contributed by atoms with Crippen LogP contribution in [0.3, 0.4) is 0 Å². The number of benzene rings is 2. The van der Waals surface area contributed by atoms with Gasteiger partial charge in [0.25, 0.3) is 0 Å². The SMILES string of the molecule is O=C(NC1=[NH+][C@@H]2CCCC[C@H]2N1C(=O)Nc1ccccc1)c1ccc(Cl)cc1. The lowest BCUT2D eigenvalue weighted by Gasteiger charge is -2.26. The molecular formula is C21H22ClN4O2+. The lowest BCUT2D eigenvalue weighted by atomic mass is 9.91. The number of rotatable bonds is 2. The second kappa shape index (κ2) is 8.02. The number of anilines is 1. The number of amides is 3. The number of carbonyl (C=O) groups is 2. The summed E-state index contributed by atoms with van der Waals surface area (Å²) in [7, 11) is 0. The molecule has 1 fully saturated rings. The average molecular weight is 398 g/mol. The van der Waals surface area contributed by atoms with Gasteiger partial charge < -0.3 is 0 Å². The topological polar surface area (TPSA) is 75.4 Å². The Morgan fingerprint density at radius 2 is 1.68 bits per heavy atom. The minimum atomic E-state index is -0.282. The van der Waals surface area contributed by atoms with E-state index in [9.17, 15) is 9.59 Å². The number of hydrogen-bond acceptors (Lipinski definition) is 2. The van der Waals surface area contributed by atoms with Crippen molar-refractivity contribution in [3.05, 3.63) is 65.2 Å². The average Bonchev–Trinajstić information content (AvgIpc) is 3.07. The van der Waals surface area contributed by atoms with Crippen molar-refractivity contribution < 1.29 is 14.6 Å². The van der Waals surface area contributed by atoms with Gasteiger partial charge in [-0.1, -0.05) is 29.8 Å². The first-order chi connectivity index (χ1) is 13.6. The Balaban J connectivity index is 1.55. The maximum atomic E-state index is 13.0. The van der Waals surface area contributed by atoms with Crippen molar-refractivity contribution in [2.24, 2.45) is 0 Å². The number of urea groups is 1. The number of halogens is 1. The van der Waals surface area contributed by atoms with Crippen molar-refractivity contribution in [3.63, 3.8) is 0 Å². The maximum Gasteiger partial charge on any atom is 0.386 e. The molecule has 1 aliphatic carbocycles. The Morgan fingerprint density at radius 3 is 2.43 bits per heavy atom. The summed E-state index contributed by atoms with van der Waals surface area (Å²) in [6.07, 6.45) is 4.05. The summed E-state index contributed by atoms with van der Waals surface area (Å²) in [6.45, 7) is 0. The molecule has 3 amide bonds. The summed E-state index contributed by atoms with van der Waals surface area (Å²) >= 11 is 5.90. The molecule has 2 aliphatic rings. The monoisotopic (exact) mass is 397 g/mol. The van der Waals surface area contributed by atoms with Crippen LogP contribution in [0.15, 0.2) is 54.6 Å². The number of para-hydroxylation sites is 1. The summed E-state index contributed by atoms with van der Waals surface area (Å²) in [4.78, 5) is 30.7. The number of nitrogens with one attached hydrogen (secondary N) is 3. The maximum absolute atomic E-state index is 13.0. The second-order valence-electron chi connectivity index (χ2n) is 7.08. The number of fused-ring (bicyclic) bond motifs is 1. The highest BCUT2D eigenvalue weighted by molar-refractivity contribution is 6.30. The van der Waals surface area contributed by atoms with Gasteiger partial charge in [0.1, 0.15) is 12.1 Å². The summed E-state index contributed by atoms with van der Waals surface area (Å²) in [5.41, 5.74) is 1.20. The lowest BCUT2D eigenvalue weighted by Crippen LogP contribution is -2.80. The molecule has 0 saturated heterocycles. The molecule has 2 atom stereocenters. The van der Waals surface area contributed by atoms with Crippen molar-refractivity contribution in [2.75, 3.05) is 5.32 Å². The van der Waals surface area contributed by atoms with Crippen molar-refractivity contribution in [1.82, 2.24) is 10.2 Å². The number of guanidine groups is 1. The Morgan fingerprint density at radius 1 is 0.964 bits per heavy atom. The van der Waals surface area contributed by atoms with E-state index in [0.29, 0.717) is 16.5 Å². The van der Waals surface area contributed by atoms with Gasteiger partial charge in [-0.2, -0.15) is 4.90 Å². The smallest absolute Gasteiger partial charge is 0.294 e. The fourth-order valence-corrected chi connectivity index (χ4v) is 3.96. The summed E-state index contributed by atoms with van der Waals surface area (Å²) in [5, 5.41) is 6.37. The van der Waals surface area contributed by atoms with Crippen LogP contribution in [0.5, 0.6) is 0 Å². The van der Waals surface area contributed by atoms with Crippen molar-refractivity contribution in [1.29, 1.82) is 0 Å². The first-order valence-corrected chi connectivity index (χ1v) is 9.85. The molecule has 1 aliphatic heterocycles. The quantitative estimate of drug-likeness (QED) is 0.727. The van der Waals surface area contributed by atoms with Crippen LogP contribution < -0.4 is 15.6 Å². The Hall–Kier alpha value is -2.86. The van der Waals surface area contributed by atoms with Gasteiger partial charge in [-0.25, -0.2) is 10.1 Å². The fraction of sp³-hybridized carbons (Fsp3) is 0.286. The summed E-state index contributed by atoms with van der Waals surface area (Å²) in [6, 6.07) is 15.9. The second-order valence-corrected chi connectivity index (χ2v) is 7.51. The molecule has 4 rings (SSSR count). The van der Waals surface area contributed by atoms with E-state index in [1.54, 1.807) is 29.2 Å². The normalized spacial score (nSPS) is 20.9. The molecule has 3 N–H and O–H groups in total. The van der Waals surface area contributed by atoms with Crippen LogP contribution in [0.2, 0.25) is 5.02 Å². The molecule has 0 radical (unpaired) electrons. The van der Waals surface area contributed by atoms with Crippen molar-refractivity contribution in [3.8, 4) is 0 Å². The molecule has 28 heavy (non-hydrogen) atoms. The minimum Gasteiger partial charge on any atom is -0.294 e. The Labute approximate surface area is 168 Å². The summed E-state index contributed by atoms with van der Waals surface area (Å²) in [5.74, 6) is 0.153. The molecular weight excluding hydrogens is 376 g/mol. The van der Waals surface area contributed by atoms with Crippen LogP contribution in [-0.4, -0.2) is 34.9 Å². The zero-order valence-electron chi connectivity index (χ0n) is 15.3. The van der Waals surface area contributed by atoms with E-state index >= 15 is 0 Å². The molecule has 7 heteroatoms. The highest BCUT2D eigenvalue weighted by atomic mass is 35.5. The van der Waals surface area contributed by atoms with E-state index in [0.717, 1.165) is 31.4 Å². The first kappa shape index (κ1) is 18.5. The van der Waals surface area contributed by atoms with E-state index in [2.05, 4.69) is 15.6 Å². The third kappa shape index (κ3) is 3.87. The standard InChI is InChI=1S/C21H21ClN4O2/c22-15-12-10-14(11-13-15)19(27)25-20-24-17-8-4-5-9-18(17)26(20)21(28)23-16-6-2-1-3-7-16/h1-3,6-7,10-13,17-18H,4-5,8-9H2,(H,23,28)(H,24,25,27)/p+1/t17-,18-/m1/s1. The predicted molar refractivity (Wildman–Crippen MR) is 108 cm³/mol. The van der Waals surface area contributed by atoms with Crippen LogP contribution in [0.25, 0.3) is 0 Å². The highest BCUT2D eigenvalue weighted by Gasteiger charge is 2.47. The van der Waals surface area contributed by atoms with E-state index in [4.69, 9.17) is 11.6 Å². The number of nitrogens with zero attached hydrogens (tertiary/aromatic N) is 1. The highest BCUT2D eigenvalue weighted by Crippen LogP contribution is 2.24. The number of carbonyl (C=O) groups excluding carboxylic acids is 2. The zero-order valence-corrected chi connectivity index (χ0v) is 16.1. The third-order valence-electron chi connectivity index (χ3n) is 5.21. The summed E-state index contributed by atoms with van der Waals surface area (Å²) < 4.78 is 0. The van der Waals surface area contributed by atoms with E-state index in [1.165, 1.54) is 0 Å². The molecule has 1 heterocycles. The van der Waals surface area contributed by atoms with Crippen LogP contribution in [0.4, 0.5) is 10.5 Å². The fourth-order valence-electron chi connectivity index (χ4n) is 3.83. The van der Waals surface area contributed by atoms with E-state index in [1.807, 2.05) is 30.3 Å². The molecule has 0 unspecified atom stereocenters. The van der Waals surface area contributed by atoms with E-state index in [-0.39, 0.29) is 24.0 Å². The molecule has 0 bridgehead atoms. The van der Waals surface area contributed by atoms with Gasteiger partial charge in [-0.3, -0.25) is 15.1 Å². The molecule has 0 aromatic heterocycles. The van der Waals surface area contributed by atoms with Gasteiger partial charge in [0.2, 0.25) is 0 Å². The third-order valence-corrected chi connectivity index (χ3v) is 5.46. The molecule has 6 nitrogen and oxygen atoms in total. The van der Waals surface area contributed by atoms with Gasteiger partial charge >= 0.3 is 17.9 Å². The van der Waals surface area contributed by atoms with Gasteiger partial charge in [0.05, 0.1) is 5.56 Å². The van der Waals surface area contributed by atoms with Crippen molar-refractivity contribution in [2.45, 2.75) is 37.8 Å². The zero-order chi connectivity index (χ0) is 19.5. The molecule has 0 spiro atoms. The van der Waals surface area contributed by atoms with Crippen LogP contribution in [-0.2, 0) is 0 Å². The van der Waals surface area contributed by atoms with Crippen molar-refractivity contribution >= 4 is 35.2 Å². The van der Waals surface area contributed by atoms with Crippen LogP contribution in [0, 0.1) is 0 Å². The lowest BCUT2D eigenvalue weighted by molar-refractivity contribution is -0.500. The first-order valence-electron chi connectivity index (χ1n) is 9.47. The van der Waals surface area contributed by atoms with E-state index < -0.39 is 0 Å². The minimum absolute atomic E-state index is 0.0259. The molecule has 2 aromatic rings. The molecule has 2 aromatic carbocycles. The van der Waals surface area contributed by atoms with Gasteiger partial charge in [0, 0.05) is 10.7 Å². The van der Waals surface area contributed by atoms with Crippen LogP contribution in [0.1, 0.15) is 36.0 Å². The van der Waals surface area contributed by atoms with Gasteiger partial charge in [-0.15, -0.1) is 0 Å². The van der Waals surface area contributed by atoms with Gasteiger partial charge in [0.15, 0.2) is 0 Å². The largest absolute Gasteiger partial charge is 0.386 e. The molecule has 1 saturated carbocycles. The van der Waals surface area contributed by atoms with Crippen LogP contribution >= 0.6 is 11.6 Å². The molecule has 144 valence electrons. The Bertz CT molecular complexity index is 898.